The molecule has 4 aromatic rings. The molecule has 1 saturated carbocycles. The van der Waals surface area contributed by atoms with Crippen LogP contribution in [0.2, 0.25) is 0 Å². The zero-order valence-electron chi connectivity index (χ0n) is 18.8. The Morgan fingerprint density at radius 2 is 2.00 bits per heavy atom. The number of hydrogen-bond acceptors (Lipinski definition) is 6. The second-order valence-corrected chi connectivity index (χ2v) is 10.6. The summed E-state index contributed by atoms with van der Waals surface area (Å²) >= 11 is 0. The van der Waals surface area contributed by atoms with E-state index in [4.69, 9.17) is 0 Å². The maximum absolute atomic E-state index is 13.0. The smallest absolute Gasteiger partial charge is 0.333 e. The van der Waals surface area contributed by atoms with Crippen LogP contribution in [0.1, 0.15) is 42.0 Å². The summed E-state index contributed by atoms with van der Waals surface area (Å²) in [5.74, 6) is 0. The molecule has 6 rings (SSSR count). The lowest BCUT2D eigenvalue weighted by atomic mass is 9.92. The van der Waals surface area contributed by atoms with E-state index >= 15 is 0 Å². The molecule has 0 bridgehead atoms. The van der Waals surface area contributed by atoms with Crippen molar-refractivity contribution in [2.75, 3.05) is 5.32 Å². The molecule has 2 aliphatic carbocycles. The second kappa shape index (κ2) is 8.21. The number of pyridine rings is 1. The third kappa shape index (κ3) is 3.96. The number of nitrogens with one attached hydrogen (secondary N) is 2. The molecular weight excluding hydrogens is 468 g/mol. The van der Waals surface area contributed by atoms with Gasteiger partial charge in [-0.15, -0.1) is 0 Å². The highest BCUT2D eigenvalue weighted by Crippen LogP contribution is 2.41. The number of aromatic nitrogens is 4. The quantitative estimate of drug-likeness (QED) is 0.379. The molecule has 0 saturated heterocycles. The largest absolute Gasteiger partial charge is 0.392 e. The van der Waals surface area contributed by atoms with Gasteiger partial charge in [-0.05, 0) is 78.6 Å². The van der Waals surface area contributed by atoms with Crippen LogP contribution in [-0.2, 0) is 29.5 Å². The fourth-order valence-corrected chi connectivity index (χ4v) is 5.64. The van der Waals surface area contributed by atoms with E-state index in [9.17, 15) is 18.3 Å². The van der Waals surface area contributed by atoms with Gasteiger partial charge in [0.2, 0.25) is 0 Å². The van der Waals surface area contributed by atoms with E-state index in [1.54, 1.807) is 21.6 Å². The Morgan fingerprint density at radius 3 is 2.80 bits per heavy atom. The lowest BCUT2D eigenvalue weighted by Crippen LogP contribution is -2.35. The molecule has 2 aliphatic rings. The van der Waals surface area contributed by atoms with E-state index in [1.807, 2.05) is 30.5 Å². The van der Waals surface area contributed by atoms with Gasteiger partial charge in [0, 0.05) is 24.2 Å². The summed E-state index contributed by atoms with van der Waals surface area (Å²) in [6, 6.07) is 8.37. The molecule has 0 spiro atoms. The molecule has 0 atom stereocenters. The van der Waals surface area contributed by atoms with Crippen molar-refractivity contribution in [3.8, 4) is 11.1 Å². The molecule has 11 heteroatoms. The maximum atomic E-state index is 13.0. The number of sulfonamides is 1. The number of anilines is 1. The molecule has 3 heterocycles. The fourth-order valence-electron chi connectivity index (χ4n) is 4.80. The number of nitrogens with zero attached hydrogens (tertiary/aromatic N) is 4. The van der Waals surface area contributed by atoms with Crippen molar-refractivity contribution in [1.29, 1.82) is 0 Å². The Kier molecular flexibility index (Phi) is 5.11. The maximum Gasteiger partial charge on any atom is 0.333 e. The van der Waals surface area contributed by atoms with Crippen molar-refractivity contribution < 1.29 is 18.3 Å². The first-order valence-corrected chi connectivity index (χ1v) is 13.0. The Morgan fingerprint density at radius 1 is 1.14 bits per heavy atom. The molecular formula is C24H24N6O4S. The number of urea groups is 1. The number of benzene rings is 1. The average molecular weight is 493 g/mol. The lowest BCUT2D eigenvalue weighted by molar-refractivity contribution is 0.256. The third-order valence-electron chi connectivity index (χ3n) is 6.59. The van der Waals surface area contributed by atoms with E-state index in [-0.39, 0.29) is 17.7 Å². The number of aryl methyl sites for hydroxylation is 1. The molecule has 0 aliphatic heterocycles. The number of hydrogen-bond donors (Lipinski definition) is 3. The summed E-state index contributed by atoms with van der Waals surface area (Å²) in [5, 5.41) is 21.1. The summed E-state index contributed by atoms with van der Waals surface area (Å²) < 4.78 is 31.1. The molecule has 0 unspecified atom stereocenters. The minimum Gasteiger partial charge on any atom is -0.392 e. The minimum absolute atomic E-state index is 0.194. The van der Waals surface area contributed by atoms with Gasteiger partial charge in [-0.2, -0.15) is 18.6 Å². The van der Waals surface area contributed by atoms with Gasteiger partial charge >= 0.3 is 6.03 Å². The number of aliphatic hydroxyl groups excluding tert-OH is 1. The van der Waals surface area contributed by atoms with E-state index in [1.165, 1.54) is 6.07 Å². The first-order chi connectivity index (χ1) is 16.9. The summed E-state index contributed by atoms with van der Waals surface area (Å²) in [6.45, 7) is -0.222. The zero-order chi connectivity index (χ0) is 24.2. The first-order valence-electron chi connectivity index (χ1n) is 11.5. The van der Waals surface area contributed by atoms with Crippen LogP contribution in [0.5, 0.6) is 0 Å². The highest BCUT2D eigenvalue weighted by atomic mass is 32.2. The van der Waals surface area contributed by atoms with Crippen molar-refractivity contribution in [3.63, 3.8) is 0 Å². The number of aliphatic hydroxyl groups is 1. The van der Waals surface area contributed by atoms with Gasteiger partial charge in [0.25, 0.3) is 10.0 Å². The van der Waals surface area contributed by atoms with Crippen LogP contribution >= 0.6 is 0 Å². The summed E-state index contributed by atoms with van der Waals surface area (Å²) in [5.41, 5.74) is 5.50. The predicted molar refractivity (Wildman–Crippen MR) is 128 cm³/mol. The molecule has 1 aromatic carbocycles. The Bertz CT molecular complexity index is 1570. The number of carbonyl (C=O) groups is 1. The van der Waals surface area contributed by atoms with Crippen molar-refractivity contribution in [1.82, 2.24) is 24.1 Å². The minimum atomic E-state index is -4.15. The van der Waals surface area contributed by atoms with Gasteiger partial charge in [-0.1, -0.05) is 6.07 Å². The van der Waals surface area contributed by atoms with Gasteiger partial charge in [-0.25, -0.2) is 14.0 Å². The molecule has 35 heavy (non-hydrogen) atoms. The molecule has 0 radical (unpaired) electrons. The van der Waals surface area contributed by atoms with Crippen LogP contribution in [0.25, 0.3) is 16.6 Å². The molecule has 10 nitrogen and oxygen atoms in total. The monoisotopic (exact) mass is 492 g/mol. The van der Waals surface area contributed by atoms with Gasteiger partial charge in [0.1, 0.15) is 0 Å². The van der Waals surface area contributed by atoms with Crippen LogP contribution in [0.15, 0.2) is 53.9 Å². The van der Waals surface area contributed by atoms with Gasteiger partial charge in [0.15, 0.2) is 5.03 Å². The standard InChI is InChI=1S/C24H24N6O4S/c31-14-17-12-15-2-1-3-20(15)23(22(17)16-7-10-29-19(13-16)6-9-25-29)26-24(32)28-35(33,34)21-8-11-30(27-21)18-4-5-18/h6-13,18,31H,1-5,14H2,(H2,26,28,32). The predicted octanol–water partition coefficient (Wildman–Crippen LogP) is 3.02. The Balaban J connectivity index is 1.37. The third-order valence-corrected chi connectivity index (χ3v) is 7.81. The summed E-state index contributed by atoms with van der Waals surface area (Å²) in [4.78, 5) is 13.0. The Labute approximate surface area is 201 Å². The summed E-state index contributed by atoms with van der Waals surface area (Å²) in [7, 11) is -4.15. The Hall–Kier alpha value is -3.70. The van der Waals surface area contributed by atoms with Gasteiger partial charge < -0.3 is 10.4 Å². The van der Waals surface area contributed by atoms with Crippen molar-refractivity contribution in [2.24, 2.45) is 0 Å². The summed E-state index contributed by atoms with van der Waals surface area (Å²) in [6.07, 6.45) is 9.55. The van der Waals surface area contributed by atoms with Crippen LogP contribution in [0.4, 0.5) is 10.5 Å². The van der Waals surface area contributed by atoms with E-state index < -0.39 is 16.1 Å². The number of fused-ring (bicyclic) bond motifs is 2. The van der Waals surface area contributed by atoms with Crippen LogP contribution in [-0.4, -0.2) is 39.0 Å². The number of rotatable bonds is 6. The van der Waals surface area contributed by atoms with Crippen molar-refractivity contribution in [2.45, 2.75) is 49.8 Å². The van der Waals surface area contributed by atoms with E-state index in [2.05, 4.69) is 20.2 Å². The number of amides is 2. The number of carbonyl (C=O) groups excluding carboxylic acids is 1. The molecule has 180 valence electrons. The van der Waals surface area contributed by atoms with Crippen molar-refractivity contribution in [3.05, 3.63) is 65.6 Å². The SMILES string of the molecule is O=C(Nc1c2c(cc(CO)c1-c1ccn3nccc3c1)CCC2)NS(=O)(=O)c1ccn(C2CC2)n1. The van der Waals surface area contributed by atoms with Crippen LogP contribution in [0.3, 0.4) is 0 Å². The highest BCUT2D eigenvalue weighted by Gasteiger charge is 2.29. The first kappa shape index (κ1) is 21.8. The fraction of sp³-hybridized carbons (Fsp3) is 0.292. The molecule has 1 fully saturated rings. The zero-order valence-corrected chi connectivity index (χ0v) is 19.6. The van der Waals surface area contributed by atoms with Crippen molar-refractivity contribution >= 4 is 27.3 Å². The molecule has 2 amide bonds. The highest BCUT2D eigenvalue weighted by molar-refractivity contribution is 7.90. The topological polar surface area (TPSA) is 131 Å². The van der Waals surface area contributed by atoms with E-state index in [0.29, 0.717) is 16.8 Å². The molecule has 3 N–H and O–H groups in total. The van der Waals surface area contributed by atoms with E-state index in [0.717, 1.165) is 54.3 Å². The average Bonchev–Trinajstić information content (AvgIpc) is 3.23. The second-order valence-electron chi connectivity index (χ2n) is 8.98. The lowest BCUT2D eigenvalue weighted by Gasteiger charge is -2.20. The van der Waals surface area contributed by atoms with Crippen LogP contribution in [0, 0.1) is 0 Å². The normalized spacial score (nSPS) is 15.3. The van der Waals surface area contributed by atoms with Gasteiger partial charge in [0.05, 0.1) is 23.9 Å². The molecule has 3 aromatic heterocycles. The van der Waals surface area contributed by atoms with Crippen LogP contribution < -0.4 is 10.0 Å². The van der Waals surface area contributed by atoms with Gasteiger partial charge in [-0.3, -0.25) is 4.68 Å².